The number of amides is 1. The molecule has 0 unspecified atom stereocenters. The Hall–Kier alpha value is -3.87. The number of carbonyl (C=O) groups is 1. The van der Waals surface area contributed by atoms with Crippen molar-refractivity contribution < 1.29 is 14.5 Å². The molecule has 7 heteroatoms. The molecule has 3 aromatic carbocycles. The van der Waals surface area contributed by atoms with Gasteiger partial charge >= 0.3 is 5.69 Å². The number of carbonyl (C=O) groups excluding carboxylic acids is 1. The predicted molar refractivity (Wildman–Crippen MR) is 113 cm³/mol. The van der Waals surface area contributed by atoms with Crippen LogP contribution in [0.1, 0.15) is 22.8 Å². The number of nitro benzene ring substituents is 1. The van der Waals surface area contributed by atoms with Crippen molar-refractivity contribution in [3.63, 3.8) is 0 Å². The number of fused-ring (bicyclic) bond motifs is 3. The Morgan fingerprint density at radius 1 is 1.14 bits per heavy atom. The Morgan fingerprint density at radius 2 is 1.97 bits per heavy atom. The number of hydrogen-bond acceptors (Lipinski definition) is 4. The van der Waals surface area contributed by atoms with Gasteiger partial charge in [-0.15, -0.1) is 0 Å². The molecule has 0 bridgehead atoms. The van der Waals surface area contributed by atoms with E-state index in [9.17, 15) is 14.9 Å². The van der Waals surface area contributed by atoms with E-state index >= 15 is 0 Å². The second kappa shape index (κ2) is 7.27. The first kappa shape index (κ1) is 18.5. The SMILES string of the molecule is CCc1cccc2c1[nH]c1cc(NC(=O)c3ccc(OC)c([N+](=O)[O-])c3)ccc12. The van der Waals surface area contributed by atoms with Gasteiger partial charge in [0.25, 0.3) is 5.91 Å². The highest BCUT2D eigenvalue weighted by Gasteiger charge is 2.18. The number of benzene rings is 3. The molecular weight excluding hydrogens is 370 g/mol. The van der Waals surface area contributed by atoms with Gasteiger partial charge in [0.05, 0.1) is 12.0 Å². The van der Waals surface area contributed by atoms with E-state index in [1.165, 1.54) is 30.9 Å². The quantitative estimate of drug-likeness (QED) is 0.368. The Morgan fingerprint density at radius 3 is 2.69 bits per heavy atom. The number of nitro groups is 1. The smallest absolute Gasteiger partial charge is 0.311 e. The summed E-state index contributed by atoms with van der Waals surface area (Å²) in [5.41, 5.74) is 3.78. The fourth-order valence-electron chi connectivity index (χ4n) is 3.54. The average molecular weight is 389 g/mol. The first-order valence-electron chi connectivity index (χ1n) is 9.19. The molecule has 0 aliphatic heterocycles. The number of aromatic nitrogens is 1. The summed E-state index contributed by atoms with van der Waals surface area (Å²) in [6.45, 7) is 2.11. The largest absolute Gasteiger partial charge is 0.490 e. The Labute approximate surface area is 166 Å². The van der Waals surface area contributed by atoms with Crippen LogP contribution in [0.15, 0.2) is 54.6 Å². The number of hydrogen-bond donors (Lipinski definition) is 2. The molecule has 4 rings (SSSR count). The summed E-state index contributed by atoms with van der Waals surface area (Å²) >= 11 is 0. The topological polar surface area (TPSA) is 97.3 Å². The minimum absolute atomic E-state index is 0.109. The fraction of sp³-hybridized carbons (Fsp3) is 0.136. The lowest BCUT2D eigenvalue weighted by Crippen LogP contribution is -2.12. The summed E-state index contributed by atoms with van der Waals surface area (Å²) in [4.78, 5) is 26.7. The van der Waals surface area contributed by atoms with Gasteiger partial charge in [-0.05, 0) is 36.2 Å². The number of nitrogens with one attached hydrogen (secondary N) is 2. The van der Waals surface area contributed by atoms with Gasteiger partial charge in [0.2, 0.25) is 0 Å². The molecule has 4 aromatic rings. The zero-order valence-electron chi connectivity index (χ0n) is 16.0. The van der Waals surface area contributed by atoms with Gasteiger partial charge in [0, 0.05) is 39.1 Å². The summed E-state index contributed by atoms with van der Waals surface area (Å²) < 4.78 is 4.98. The van der Waals surface area contributed by atoms with Crippen LogP contribution in [0.25, 0.3) is 21.8 Å². The maximum absolute atomic E-state index is 12.6. The van der Waals surface area contributed by atoms with Gasteiger partial charge < -0.3 is 15.0 Å². The molecule has 7 nitrogen and oxygen atoms in total. The van der Waals surface area contributed by atoms with Crippen molar-refractivity contribution in [2.45, 2.75) is 13.3 Å². The Kier molecular flexibility index (Phi) is 4.64. The molecule has 0 aliphatic carbocycles. The van der Waals surface area contributed by atoms with Crippen LogP contribution in [0.2, 0.25) is 0 Å². The summed E-state index contributed by atoms with van der Waals surface area (Å²) in [7, 11) is 1.35. The number of aromatic amines is 1. The van der Waals surface area contributed by atoms with Gasteiger partial charge in [-0.1, -0.05) is 31.2 Å². The van der Waals surface area contributed by atoms with Crippen LogP contribution in [0.5, 0.6) is 5.75 Å². The molecule has 0 saturated heterocycles. The highest BCUT2D eigenvalue weighted by molar-refractivity contribution is 6.10. The molecule has 0 radical (unpaired) electrons. The van der Waals surface area contributed by atoms with Gasteiger partial charge in [-0.3, -0.25) is 14.9 Å². The van der Waals surface area contributed by atoms with Crippen LogP contribution < -0.4 is 10.1 Å². The number of H-pyrrole nitrogens is 1. The van der Waals surface area contributed by atoms with E-state index in [4.69, 9.17) is 4.74 Å². The molecule has 0 spiro atoms. The Balaban J connectivity index is 1.67. The van der Waals surface area contributed by atoms with E-state index in [1.54, 1.807) is 0 Å². The van der Waals surface area contributed by atoms with Crippen molar-refractivity contribution in [1.82, 2.24) is 4.98 Å². The lowest BCUT2D eigenvalue weighted by molar-refractivity contribution is -0.385. The van der Waals surface area contributed by atoms with Gasteiger partial charge in [0.1, 0.15) is 0 Å². The molecule has 29 heavy (non-hydrogen) atoms. The van der Waals surface area contributed by atoms with Crippen molar-refractivity contribution >= 4 is 39.1 Å². The number of aryl methyl sites for hydroxylation is 1. The number of methoxy groups -OCH3 is 1. The third-order valence-corrected chi connectivity index (χ3v) is 5.00. The molecule has 1 aromatic heterocycles. The number of anilines is 1. The van der Waals surface area contributed by atoms with Crippen LogP contribution in [0.4, 0.5) is 11.4 Å². The summed E-state index contributed by atoms with van der Waals surface area (Å²) in [6.07, 6.45) is 0.921. The van der Waals surface area contributed by atoms with Crippen LogP contribution >= 0.6 is 0 Å². The summed E-state index contributed by atoms with van der Waals surface area (Å²) in [5.74, 6) is -0.321. The molecule has 0 atom stereocenters. The second-order valence-corrected chi connectivity index (χ2v) is 6.68. The number of nitrogens with zero attached hydrogens (tertiary/aromatic N) is 1. The zero-order valence-corrected chi connectivity index (χ0v) is 16.0. The predicted octanol–water partition coefficient (Wildman–Crippen LogP) is 5.05. The molecule has 0 aliphatic rings. The lowest BCUT2D eigenvalue weighted by atomic mass is 10.1. The van der Waals surface area contributed by atoms with E-state index in [0.717, 1.165) is 28.2 Å². The van der Waals surface area contributed by atoms with E-state index in [2.05, 4.69) is 29.4 Å². The van der Waals surface area contributed by atoms with Crippen LogP contribution in [0.3, 0.4) is 0 Å². The van der Waals surface area contributed by atoms with Crippen molar-refractivity contribution in [2.24, 2.45) is 0 Å². The van der Waals surface area contributed by atoms with Gasteiger partial charge in [-0.25, -0.2) is 0 Å². The van der Waals surface area contributed by atoms with Gasteiger partial charge in [0.15, 0.2) is 5.75 Å². The van der Waals surface area contributed by atoms with Crippen LogP contribution in [0, 0.1) is 10.1 Å². The third-order valence-electron chi connectivity index (χ3n) is 5.00. The third kappa shape index (κ3) is 3.27. The Bertz CT molecular complexity index is 1260. The molecule has 1 heterocycles. The van der Waals surface area contributed by atoms with Crippen molar-refractivity contribution in [1.29, 1.82) is 0 Å². The molecule has 146 valence electrons. The maximum atomic E-state index is 12.6. The molecule has 0 saturated carbocycles. The van der Waals surface area contributed by atoms with Crippen LogP contribution in [-0.4, -0.2) is 22.9 Å². The zero-order chi connectivity index (χ0) is 20.5. The van der Waals surface area contributed by atoms with Crippen molar-refractivity contribution in [3.05, 3.63) is 75.8 Å². The summed E-state index contributed by atoms with van der Waals surface area (Å²) in [6, 6.07) is 16.0. The van der Waals surface area contributed by atoms with Crippen molar-refractivity contribution in [3.8, 4) is 5.75 Å². The second-order valence-electron chi connectivity index (χ2n) is 6.68. The van der Waals surface area contributed by atoms with E-state index in [1.807, 2.05) is 24.3 Å². The highest BCUT2D eigenvalue weighted by atomic mass is 16.6. The summed E-state index contributed by atoms with van der Waals surface area (Å²) in [5, 5.41) is 16.2. The monoisotopic (exact) mass is 389 g/mol. The highest BCUT2D eigenvalue weighted by Crippen LogP contribution is 2.31. The first-order chi connectivity index (χ1) is 14.0. The standard InChI is InChI=1S/C22H19N3O4/c1-3-13-5-4-6-17-16-9-8-15(12-18(16)24-21(13)17)23-22(26)14-7-10-20(29-2)19(11-14)25(27)28/h4-12,24H,3H2,1-2H3,(H,23,26). The first-order valence-corrected chi connectivity index (χ1v) is 9.19. The number of para-hydroxylation sites is 1. The molecular formula is C22H19N3O4. The maximum Gasteiger partial charge on any atom is 0.311 e. The number of ether oxygens (including phenoxy) is 1. The molecule has 0 fully saturated rings. The van der Waals surface area contributed by atoms with E-state index in [-0.39, 0.29) is 17.0 Å². The van der Waals surface area contributed by atoms with E-state index < -0.39 is 10.8 Å². The molecule has 2 N–H and O–H groups in total. The average Bonchev–Trinajstić information content (AvgIpc) is 3.10. The van der Waals surface area contributed by atoms with E-state index in [0.29, 0.717) is 5.69 Å². The molecule has 1 amide bonds. The van der Waals surface area contributed by atoms with Crippen molar-refractivity contribution in [2.75, 3.05) is 12.4 Å². The lowest BCUT2D eigenvalue weighted by Gasteiger charge is -2.07. The normalized spacial score (nSPS) is 11.0. The van der Waals surface area contributed by atoms with Crippen LogP contribution in [-0.2, 0) is 6.42 Å². The van der Waals surface area contributed by atoms with Gasteiger partial charge in [-0.2, -0.15) is 0 Å². The number of rotatable bonds is 5. The fourth-order valence-corrected chi connectivity index (χ4v) is 3.54. The minimum atomic E-state index is -0.572. The minimum Gasteiger partial charge on any atom is -0.490 e.